The lowest BCUT2D eigenvalue weighted by molar-refractivity contribution is 0.515. The smallest absolute Gasteiger partial charge is 0.130 e. The summed E-state index contributed by atoms with van der Waals surface area (Å²) >= 11 is 0. The van der Waals surface area contributed by atoms with Crippen LogP contribution < -0.4 is 5.32 Å². The molecule has 0 radical (unpaired) electrons. The van der Waals surface area contributed by atoms with Crippen LogP contribution in [0.5, 0.6) is 0 Å². The molecule has 0 aliphatic carbocycles. The van der Waals surface area contributed by atoms with E-state index in [0.717, 1.165) is 11.8 Å². The zero-order valence-corrected chi connectivity index (χ0v) is 9.50. The maximum Gasteiger partial charge on any atom is 0.130 e. The van der Waals surface area contributed by atoms with Crippen LogP contribution >= 0.6 is 0 Å². The Balaban J connectivity index is 2.01. The zero-order valence-electron chi connectivity index (χ0n) is 9.50. The van der Waals surface area contributed by atoms with E-state index in [4.69, 9.17) is 0 Å². The van der Waals surface area contributed by atoms with Crippen molar-refractivity contribution in [2.45, 2.75) is 19.5 Å². The SMILES string of the molecule is CC(NCc1ccc[nH]1)c1ccc(F)cc1F. The van der Waals surface area contributed by atoms with Crippen LogP contribution in [0.15, 0.2) is 36.5 Å². The molecule has 17 heavy (non-hydrogen) atoms. The van der Waals surface area contributed by atoms with Gasteiger partial charge in [0.05, 0.1) is 0 Å². The lowest BCUT2D eigenvalue weighted by Crippen LogP contribution is -2.19. The molecule has 1 aromatic heterocycles. The van der Waals surface area contributed by atoms with Gasteiger partial charge in [-0.25, -0.2) is 8.78 Å². The second kappa shape index (κ2) is 5.10. The second-order valence-electron chi connectivity index (χ2n) is 3.96. The molecule has 4 heteroatoms. The highest BCUT2D eigenvalue weighted by molar-refractivity contribution is 5.21. The Morgan fingerprint density at radius 1 is 1.29 bits per heavy atom. The van der Waals surface area contributed by atoms with E-state index in [0.29, 0.717) is 12.1 Å². The molecule has 0 amide bonds. The van der Waals surface area contributed by atoms with Crippen LogP contribution in [0.3, 0.4) is 0 Å². The molecule has 2 aromatic rings. The molecule has 0 fully saturated rings. The first kappa shape index (κ1) is 11.8. The van der Waals surface area contributed by atoms with Gasteiger partial charge >= 0.3 is 0 Å². The molecule has 0 aliphatic rings. The summed E-state index contributed by atoms with van der Waals surface area (Å²) in [6.45, 7) is 2.46. The van der Waals surface area contributed by atoms with Gasteiger partial charge in [0.25, 0.3) is 0 Å². The molecule has 1 heterocycles. The van der Waals surface area contributed by atoms with Gasteiger partial charge in [-0.2, -0.15) is 0 Å². The predicted octanol–water partition coefficient (Wildman–Crippen LogP) is 3.14. The highest BCUT2D eigenvalue weighted by Crippen LogP contribution is 2.17. The van der Waals surface area contributed by atoms with Gasteiger partial charge in [0, 0.05) is 36.1 Å². The third kappa shape index (κ3) is 2.91. The molecule has 0 aliphatic heterocycles. The van der Waals surface area contributed by atoms with Crippen molar-refractivity contribution in [1.82, 2.24) is 10.3 Å². The minimum absolute atomic E-state index is 0.168. The van der Waals surface area contributed by atoms with Gasteiger partial charge in [-0.15, -0.1) is 0 Å². The highest BCUT2D eigenvalue weighted by atomic mass is 19.1. The van der Waals surface area contributed by atoms with Crippen molar-refractivity contribution >= 4 is 0 Å². The maximum absolute atomic E-state index is 13.5. The minimum atomic E-state index is -0.553. The molecule has 0 saturated carbocycles. The minimum Gasteiger partial charge on any atom is -0.364 e. The molecule has 2 rings (SSSR count). The first-order valence-electron chi connectivity index (χ1n) is 5.47. The Bertz CT molecular complexity index is 480. The molecule has 0 spiro atoms. The fourth-order valence-electron chi connectivity index (χ4n) is 1.70. The highest BCUT2D eigenvalue weighted by Gasteiger charge is 2.11. The van der Waals surface area contributed by atoms with Crippen molar-refractivity contribution in [2.24, 2.45) is 0 Å². The Hall–Kier alpha value is -1.68. The third-order valence-electron chi connectivity index (χ3n) is 2.69. The monoisotopic (exact) mass is 236 g/mol. The van der Waals surface area contributed by atoms with Crippen LogP contribution in [-0.2, 0) is 6.54 Å². The average Bonchev–Trinajstić information content (AvgIpc) is 2.78. The molecule has 0 saturated heterocycles. The van der Waals surface area contributed by atoms with Crippen LogP contribution in [0.1, 0.15) is 24.2 Å². The van der Waals surface area contributed by atoms with E-state index in [1.165, 1.54) is 12.1 Å². The third-order valence-corrected chi connectivity index (χ3v) is 2.69. The Kier molecular flexibility index (Phi) is 3.54. The van der Waals surface area contributed by atoms with Crippen molar-refractivity contribution in [1.29, 1.82) is 0 Å². The number of benzene rings is 1. The van der Waals surface area contributed by atoms with E-state index in [1.54, 1.807) is 0 Å². The Morgan fingerprint density at radius 3 is 2.76 bits per heavy atom. The summed E-state index contributed by atoms with van der Waals surface area (Å²) in [6.07, 6.45) is 1.83. The van der Waals surface area contributed by atoms with Gasteiger partial charge in [0.1, 0.15) is 11.6 Å². The predicted molar refractivity (Wildman–Crippen MR) is 62.4 cm³/mol. The van der Waals surface area contributed by atoms with Crippen molar-refractivity contribution in [3.63, 3.8) is 0 Å². The fraction of sp³-hybridized carbons (Fsp3) is 0.231. The van der Waals surface area contributed by atoms with Gasteiger partial charge in [0.2, 0.25) is 0 Å². The summed E-state index contributed by atoms with van der Waals surface area (Å²) in [7, 11) is 0. The molecular formula is C13H14F2N2. The molecule has 1 aromatic carbocycles. The van der Waals surface area contributed by atoms with Crippen molar-refractivity contribution < 1.29 is 8.78 Å². The van der Waals surface area contributed by atoms with Crippen LogP contribution in [0.25, 0.3) is 0 Å². The van der Waals surface area contributed by atoms with Gasteiger partial charge < -0.3 is 10.3 Å². The van der Waals surface area contributed by atoms with Gasteiger partial charge in [-0.1, -0.05) is 6.07 Å². The largest absolute Gasteiger partial charge is 0.364 e. The average molecular weight is 236 g/mol. The first-order valence-corrected chi connectivity index (χ1v) is 5.47. The molecule has 1 atom stereocenters. The van der Waals surface area contributed by atoms with Crippen LogP contribution in [0.2, 0.25) is 0 Å². The van der Waals surface area contributed by atoms with E-state index in [1.807, 2.05) is 25.3 Å². The summed E-state index contributed by atoms with van der Waals surface area (Å²) in [5.74, 6) is -1.07. The summed E-state index contributed by atoms with van der Waals surface area (Å²) in [4.78, 5) is 3.05. The molecular weight excluding hydrogens is 222 g/mol. The molecule has 2 N–H and O–H groups in total. The molecule has 90 valence electrons. The quantitative estimate of drug-likeness (QED) is 0.838. The number of rotatable bonds is 4. The zero-order chi connectivity index (χ0) is 12.3. The summed E-state index contributed by atoms with van der Waals surface area (Å²) in [5.41, 5.74) is 1.50. The lowest BCUT2D eigenvalue weighted by Gasteiger charge is -2.14. The van der Waals surface area contributed by atoms with E-state index in [2.05, 4.69) is 10.3 Å². The van der Waals surface area contributed by atoms with Gasteiger partial charge in [0.15, 0.2) is 0 Å². The number of H-pyrrole nitrogens is 1. The van der Waals surface area contributed by atoms with Crippen LogP contribution in [-0.4, -0.2) is 4.98 Å². The van der Waals surface area contributed by atoms with Crippen molar-refractivity contribution in [2.75, 3.05) is 0 Å². The van der Waals surface area contributed by atoms with Gasteiger partial charge in [-0.05, 0) is 25.1 Å². The van der Waals surface area contributed by atoms with E-state index in [9.17, 15) is 8.78 Å². The van der Waals surface area contributed by atoms with Gasteiger partial charge in [-0.3, -0.25) is 0 Å². The van der Waals surface area contributed by atoms with E-state index >= 15 is 0 Å². The Morgan fingerprint density at radius 2 is 2.12 bits per heavy atom. The van der Waals surface area contributed by atoms with E-state index in [-0.39, 0.29) is 6.04 Å². The number of hydrogen-bond donors (Lipinski definition) is 2. The van der Waals surface area contributed by atoms with E-state index < -0.39 is 11.6 Å². The summed E-state index contributed by atoms with van der Waals surface area (Å²) in [6, 6.07) is 7.32. The second-order valence-corrected chi connectivity index (χ2v) is 3.96. The molecule has 1 unspecified atom stereocenters. The summed E-state index contributed by atoms with van der Waals surface area (Å²) in [5, 5.41) is 3.17. The van der Waals surface area contributed by atoms with Crippen LogP contribution in [0, 0.1) is 11.6 Å². The number of aromatic nitrogens is 1. The number of halogens is 2. The molecule has 2 nitrogen and oxygen atoms in total. The maximum atomic E-state index is 13.5. The number of nitrogens with one attached hydrogen (secondary N) is 2. The standard InChI is InChI=1S/C13H14F2N2/c1-9(17-8-11-3-2-6-16-11)12-5-4-10(14)7-13(12)15/h2-7,9,16-17H,8H2,1H3. The first-order chi connectivity index (χ1) is 8.16. The van der Waals surface area contributed by atoms with Crippen molar-refractivity contribution in [3.05, 3.63) is 59.4 Å². The van der Waals surface area contributed by atoms with Crippen LogP contribution in [0.4, 0.5) is 8.78 Å². The van der Waals surface area contributed by atoms with Crippen molar-refractivity contribution in [3.8, 4) is 0 Å². The Labute approximate surface area is 98.7 Å². The summed E-state index contributed by atoms with van der Waals surface area (Å²) < 4.78 is 26.2. The normalized spacial score (nSPS) is 12.6. The topological polar surface area (TPSA) is 27.8 Å². The molecule has 0 bridgehead atoms. The number of aromatic amines is 1. The fourth-order valence-corrected chi connectivity index (χ4v) is 1.70. The number of hydrogen-bond acceptors (Lipinski definition) is 1. The lowest BCUT2D eigenvalue weighted by atomic mass is 10.1.